The lowest BCUT2D eigenvalue weighted by molar-refractivity contribution is -0.149. The quantitative estimate of drug-likeness (QED) is 0.810. The third-order valence-electron chi connectivity index (χ3n) is 3.47. The molecular weight excluding hydrogens is 216 g/mol. The first kappa shape index (κ1) is 11.8. The van der Waals surface area contributed by atoms with Gasteiger partial charge in [-0.15, -0.1) is 0 Å². The zero-order chi connectivity index (χ0) is 12.3. The third-order valence-corrected chi connectivity index (χ3v) is 3.47. The minimum absolute atomic E-state index is 0.169. The van der Waals surface area contributed by atoms with Gasteiger partial charge >= 0.3 is 5.97 Å². The molecule has 90 valence electrons. The number of carboxylic acid groups (broad SMARTS) is 1. The summed E-state index contributed by atoms with van der Waals surface area (Å²) >= 11 is 0. The highest BCUT2D eigenvalue weighted by Crippen LogP contribution is 2.28. The van der Waals surface area contributed by atoms with Crippen molar-refractivity contribution in [3.63, 3.8) is 0 Å². The Kier molecular flexibility index (Phi) is 3.57. The zero-order valence-electron chi connectivity index (χ0n) is 9.69. The summed E-state index contributed by atoms with van der Waals surface area (Å²) < 4.78 is 0. The largest absolute Gasteiger partial charge is 0.476 e. The Balaban J connectivity index is 1.90. The summed E-state index contributed by atoms with van der Waals surface area (Å²) in [5.74, 6) is -1.52. The van der Waals surface area contributed by atoms with Crippen LogP contribution in [-0.2, 0) is 22.4 Å². The molecule has 1 atom stereocenters. The van der Waals surface area contributed by atoms with Gasteiger partial charge in [-0.25, -0.2) is 4.79 Å². The molecule has 2 rings (SSSR count). The van der Waals surface area contributed by atoms with Gasteiger partial charge in [-0.05, 0) is 42.7 Å². The molecule has 1 aliphatic rings. The van der Waals surface area contributed by atoms with Crippen molar-refractivity contribution < 1.29 is 14.7 Å². The second kappa shape index (κ2) is 5.13. The van der Waals surface area contributed by atoms with Crippen LogP contribution in [0, 0.1) is 5.92 Å². The molecule has 0 fully saturated rings. The summed E-state index contributed by atoms with van der Waals surface area (Å²) in [6.07, 6.45) is 3.94. The van der Waals surface area contributed by atoms with Crippen LogP contribution in [0.2, 0.25) is 0 Å². The first-order valence-corrected chi connectivity index (χ1v) is 5.99. The second-order valence-corrected chi connectivity index (χ2v) is 4.64. The van der Waals surface area contributed by atoms with Crippen molar-refractivity contribution in [2.75, 3.05) is 0 Å². The molecule has 0 aliphatic heterocycles. The summed E-state index contributed by atoms with van der Waals surface area (Å²) in [6.45, 7) is 0. The third kappa shape index (κ3) is 2.93. The van der Waals surface area contributed by atoms with Crippen LogP contribution in [0.25, 0.3) is 0 Å². The average Bonchev–Trinajstić information content (AvgIpc) is 2.35. The minimum atomic E-state index is -1.30. The van der Waals surface area contributed by atoms with Gasteiger partial charge in [0.15, 0.2) is 0 Å². The predicted octanol–water partition coefficient (Wildman–Crippen LogP) is 2.23. The number of fused-ring (bicyclic) bond motifs is 1. The van der Waals surface area contributed by atoms with Crippen LogP contribution < -0.4 is 0 Å². The van der Waals surface area contributed by atoms with Crippen molar-refractivity contribution in [1.82, 2.24) is 0 Å². The van der Waals surface area contributed by atoms with Gasteiger partial charge in [0.25, 0.3) is 0 Å². The van der Waals surface area contributed by atoms with Crippen LogP contribution in [0.4, 0.5) is 0 Å². The number of aliphatic carboxylic acids is 1. The molecular formula is C14H16O3. The molecule has 0 radical (unpaired) electrons. The molecule has 17 heavy (non-hydrogen) atoms. The van der Waals surface area contributed by atoms with E-state index >= 15 is 0 Å². The predicted molar refractivity (Wildman–Crippen MR) is 63.8 cm³/mol. The lowest BCUT2D eigenvalue weighted by atomic mass is 9.81. The summed E-state index contributed by atoms with van der Waals surface area (Å²) in [4.78, 5) is 21.5. The molecule has 0 saturated carbocycles. The molecule has 0 saturated heterocycles. The molecule has 0 amide bonds. The Morgan fingerprint density at radius 2 is 1.94 bits per heavy atom. The van der Waals surface area contributed by atoms with E-state index in [9.17, 15) is 9.59 Å². The zero-order valence-corrected chi connectivity index (χ0v) is 9.69. The van der Waals surface area contributed by atoms with Crippen LogP contribution in [-0.4, -0.2) is 16.9 Å². The van der Waals surface area contributed by atoms with E-state index in [-0.39, 0.29) is 6.42 Å². The Labute approximate surface area is 100 Å². The maximum atomic E-state index is 11.0. The molecule has 0 aromatic heterocycles. The number of hydrogen-bond donors (Lipinski definition) is 1. The fourth-order valence-electron chi connectivity index (χ4n) is 2.46. The molecule has 1 unspecified atom stereocenters. The molecule has 3 nitrogen and oxygen atoms in total. The number of carbonyl (C=O) groups is 2. The van der Waals surface area contributed by atoms with Crippen LogP contribution in [0.5, 0.6) is 0 Å². The van der Waals surface area contributed by atoms with Crippen molar-refractivity contribution in [3.8, 4) is 0 Å². The van der Waals surface area contributed by atoms with Gasteiger partial charge in [-0.2, -0.15) is 0 Å². The minimum Gasteiger partial charge on any atom is -0.476 e. The molecule has 1 aromatic rings. The number of carboxylic acids is 1. The van der Waals surface area contributed by atoms with Gasteiger partial charge in [0.05, 0.1) is 0 Å². The normalized spacial score (nSPS) is 18.5. The van der Waals surface area contributed by atoms with E-state index in [2.05, 4.69) is 12.1 Å². The maximum Gasteiger partial charge on any atom is 0.372 e. The molecule has 3 heteroatoms. The SMILES string of the molecule is O=C(O)C(=O)CCC1CCc2ccccc2C1. The summed E-state index contributed by atoms with van der Waals surface area (Å²) in [5.41, 5.74) is 2.75. The molecule has 1 aliphatic carbocycles. The lowest BCUT2D eigenvalue weighted by Gasteiger charge is -2.24. The number of Topliss-reactive ketones (excluding diaryl/α,β-unsaturated/α-hetero) is 1. The fraction of sp³-hybridized carbons (Fsp3) is 0.429. The summed E-state index contributed by atoms with van der Waals surface area (Å²) in [6, 6.07) is 8.35. The summed E-state index contributed by atoms with van der Waals surface area (Å²) in [7, 11) is 0. The van der Waals surface area contributed by atoms with E-state index in [1.54, 1.807) is 0 Å². The highest BCUT2D eigenvalue weighted by atomic mass is 16.4. The Bertz CT molecular complexity index is 437. The number of ketones is 1. The number of carbonyl (C=O) groups excluding carboxylic acids is 1. The number of aryl methyl sites for hydroxylation is 1. The highest BCUT2D eigenvalue weighted by Gasteiger charge is 2.20. The lowest BCUT2D eigenvalue weighted by Crippen LogP contribution is -2.18. The van der Waals surface area contributed by atoms with Gasteiger partial charge in [-0.3, -0.25) is 4.79 Å². The van der Waals surface area contributed by atoms with E-state index in [1.807, 2.05) is 12.1 Å². The molecule has 0 bridgehead atoms. The van der Waals surface area contributed by atoms with Crippen LogP contribution >= 0.6 is 0 Å². The van der Waals surface area contributed by atoms with E-state index in [0.717, 1.165) is 19.3 Å². The van der Waals surface area contributed by atoms with Gasteiger partial charge in [0.1, 0.15) is 0 Å². The van der Waals surface area contributed by atoms with E-state index in [4.69, 9.17) is 5.11 Å². The first-order valence-electron chi connectivity index (χ1n) is 5.99. The molecule has 1 aromatic carbocycles. The highest BCUT2D eigenvalue weighted by molar-refractivity contribution is 6.32. The van der Waals surface area contributed by atoms with Crippen LogP contribution in [0.15, 0.2) is 24.3 Å². The maximum absolute atomic E-state index is 11.0. The Morgan fingerprint density at radius 1 is 1.24 bits per heavy atom. The monoisotopic (exact) mass is 232 g/mol. The Morgan fingerprint density at radius 3 is 2.65 bits per heavy atom. The molecule has 0 spiro atoms. The molecule has 1 N–H and O–H groups in total. The smallest absolute Gasteiger partial charge is 0.372 e. The Hall–Kier alpha value is -1.64. The van der Waals surface area contributed by atoms with Crippen molar-refractivity contribution in [2.45, 2.75) is 32.1 Å². The average molecular weight is 232 g/mol. The van der Waals surface area contributed by atoms with Gasteiger partial charge in [0, 0.05) is 6.42 Å². The topological polar surface area (TPSA) is 54.4 Å². The van der Waals surface area contributed by atoms with Crippen LogP contribution in [0.3, 0.4) is 0 Å². The van der Waals surface area contributed by atoms with Crippen LogP contribution in [0.1, 0.15) is 30.4 Å². The number of rotatable bonds is 4. The van der Waals surface area contributed by atoms with Crippen molar-refractivity contribution in [1.29, 1.82) is 0 Å². The number of hydrogen-bond acceptors (Lipinski definition) is 2. The van der Waals surface area contributed by atoms with E-state index in [0.29, 0.717) is 12.3 Å². The van der Waals surface area contributed by atoms with Gasteiger partial charge in [0.2, 0.25) is 5.78 Å². The first-order chi connectivity index (χ1) is 8.16. The number of benzene rings is 1. The van der Waals surface area contributed by atoms with Crippen molar-refractivity contribution >= 4 is 11.8 Å². The van der Waals surface area contributed by atoms with E-state index < -0.39 is 11.8 Å². The summed E-state index contributed by atoms with van der Waals surface area (Å²) in [5, 5.41) is 8.52. The second-order valence-electron chi connectivity index (χ2n) is 4.64. The van der Waals surface area contributed by atoms with Gasteiger partial charge in [-0.1, -0.05) is 24.3 Å². The van der Waals surface area contributed by atoms with Crippen molar-refractivity contribution in [3.05, 3.63) is 35.4 Å². The van der Waals surface area contributed by atoms with Crippen molar-refractivity contribution in [2.24, 2.45) is 5.92 Å². The van der Waals surface area contributed by atoms with Gasteiger partial charge < -0.3 is 5.11 Å². The van der Waals surface area contributed by atoms with E-state index in [1.165, 1.54) is 11.1 Å². The fourth-order valence-corrected chi connectivity index (χ4v) is 2.46. The molecule has 0 heterocycles. The standard InChI is InChI=1S/C14H16O3/c15-13(14(16)17)8-6-10-5-7-11-3-1-2-4-12(11)9-10/h1-4,10H,5-9H2,(H,16,17).